The molecule has 0 spiro atoms. The molecule has 0 radical (unpaired) electrons. The molecule has 1 aliphatic heterocycles. The van der Waals surface area contributed by atoms with Gasteiger partial charge in [0.25, 0.3) is 0 Å². The minimum absolute atomic E-state index is 0.600. The molecule has 13 heavy (non-hydrogen) atoms. The first kappa shape index (κ1) is 7.05. The van der Waals surface area contributed by atoms with Gasteiger partial charge in [0.05, 0.1) is 12.2 Å². The standard InChI is InChI=1S/C12H16O/c1-2-4-12-6-5-11(12,3-1)7-9-10(8-12)13-9/h5-6,9-10H,1-4,7-8H2/t9-,10+,11-,12-/m1/s1. The van der Waals surface area contributed by atoms with Crippen LogP contribution >= 0.6 is 0 Å². The first-order valence-corrected chi connectivity index (χ1v) is 5.70. The third-order valence-corrected chi connectivity index (χ3v) is 5.03. The Hall–Kier alpha value is -0.300. The van der Waals surface area contributed by atoms with Crippen LogP contribution in [0, 0.1) is 10.8 Å². The number of fused-ring (bicyclic) bond motifs is 1. The van der Waals surface area contributed by atoms with E-state index in [0.29, 0.717) is 23.0 Å². The number of rotatable bonds is 0. The van der Waals surface area contributed by atoms with Crippen LogP contribution in [-0.4, -0.2) is 12.2 Å². The highest BCUT2D eigenvalue weighted by atomic mass is 16.6. The smallest absolute Gasteiger partial charge is 0.0850 e. The summed E-state index contributed by atoms with van der Waals surface area (Å²) < 4.78 is 5.70. The lowest BCUT2D eigenvalue weighted by Crippen LogP contribution is -2.52. The molecule has 2 saturated carbocycles. The normalized spacial score (nSPS) is 61.5. The molecule has 0 aromatic rings. The Morgan fingerprint density at radius 1 is 0.923 bits per heavy atom. The van der Waals surface area contributed by atoms with E-state index in [2.05, 4.69) is 12.2 Å². The zero-order valence-corrected chi connectivity index (χ0v) is 7.96. The average molecular weight is 176 g/mol. The number of epoxide rings is 1. The second-order valence-corrected chi connectivity index (χ2v) is 5.47. The maximum Gasteiger partial charge on any atom is 0.0850 e. The SMILES string of the molecule is C1=C[C@@]23CCCC[C@]12C[C@@H]1O[C@@H]1C3. The molecule has 4 rings (SSSR count). The van der Waals surface area contributed by atoms with E-state index >= 15 is 0 Å². The van der Waals surface area contributed by atoms with Crippen molar-refractivity contribution in [2.45, 2.75) is 50.7 Å². The Kier molecular flexibility index (Phi) is 1.02. The summed E-state index contributed by atoms with van der Waals surface area (Å²) in [5.41, 5.74) is 1.20. The van der Waals surface area contributed by atoms with Crippen LogP contribution in [0.5, 0.6) is 0 Å². The average Bonchev–Trinajstić information content (AvgIpc) is 2.84. The predicted molar refractivity (Wildman–Crippen MR) is 50.4 cm³/mol. The van der Waals surface area contributed by atoms with Crippen molar-refractivity contribution in [1.29, 1.82) is 0 Å². The third-order valence-electron chi connectivity index (χ3n) is 5.03. The Balaban J connectivity index is 1.79. The number of ether oxygens (including phenoxy) is 1. The maximum absolute atomic E-state index is 5.70. The van der Waals surface area contributed by atoms with E-state index in [1.807, 2.05) is 0 Å². The van der Waals surface area contributed by atoms with Gasteiger partial charge in [-0.25, -0.2) is 0 Å². The first-order valence-electron chi connectivity index (χ1n) is 5.70. The third kappa shape index (κ3) is 0.665. The fourth-order valence-corrected chi connectivity index (χ4v) is 4.10. The van der Waals surface area contributed by atoms with Crippen molar-refractivity contribution in [3.8, 4) is 0 Å². The molecule has 1 heterocycles. The zero-order valence-electron chi connectivity index (χ0n) is 7.96. The lowest BCUT2D eigenvalue weighted by molar-refractivity contribution is 0.00835. The Morgan fingerprint density at radius 2 is 1.46 bits per heavy atom. The van der Waals surface area contributed by atoms with Crippen LogP contribution in [0.15, 0.2) is 12.2 Å². The monoisotopic (exact) mass is 176 g/mol. The highest BCUT2D eigenvalue weighted by molar-refractivity contribution is 5.32. The van der Waals surface area contributed by atoms with Gasteiger partial charge >= 0.3 is 0 Å². The van der Waals surface area contributed by atoms with Gasteiger partial charge in [0, 0.05) is 0 Å². The largest absolute Gasteiger partial charge is 0.370 e. The molecule has 0 amide bonds. The van der Waals surface area contributed by atoms with Crippen molar-refractivity contribution in [2.75, 3.05) is 0 Å². The molecule has 3 fully saturated rings. The molecule has 1 nitrogen and oxygen atoms in total. The quantitative estimate of drug-likeness (QED) is 0.408. The number of hydrogen-bond acceptors (Lipinski definition) is 1. The topological polar surface area (TPSA) is 12.5 Å². The highest BCUT2D eigenvalue weighted by Crippen LogP contribution is 2.69. The van der Waals surface area contributed by atoms with Gasteiger partial charge < -0.3 is 4.74 Å². The fourth-order valence-electron chi connectivity index (χ4n) is 4.10. The Bertz CT molecular complexity index is 267. The van der Waals surface area contributed by atoms with Gasteiger partial charge in [0.2, 0.25) is 0 Å². The van der Waals surface area contributed by atoms with Crippen molar-refractivity contribution in [2.24, 2.45) is 10.8 Å². The molecule has 0 aromatic carbocycles. The van der Waals surface area contributed by atoms with E-state index in [-0.39, 0.29) is 0 Å². The molecule has 0 unspecified atom stereocenters. The summed E-state index contributed by atoms with van der Waals surface area (Å²) >= 11 is 0. The highest BCUT2D eigenvalue weighted by Gasteiger charge is 2.64. The van der Waals surface area contributed by atoms with Gasteiger partial charge in [-0.1, -0.05) is 25.0 Å². The van der Waals surface area contributed by atoms with E-state index in [4.69, 9.17) is 4.74 Å². The zero-order chi connectivity index (χ0) is 8.52. The van der Waals surface area contributed by atoms with Crippen LogP contribution in [0.25, 0.3) is 0 Å². The van der Waals surface area contributed by atoms with E-state index in [9.17, 15) is 0 Å². The minimum Gasteiger partial charge on any atom is -0.370 e. The van der Waals surface area contributed by atoms with Crippen molar-refractivity contribution in [3.05, 3.63) is 12.2 Å². The lowest BCUT2D eigenvalue weighted by Gasteiger charge is -2.59. The minimum atomic E-state index is 0.600. The number of allylic oxidation sites excluding steroid dienone is 2. The second kappa shape index (κ2) is 1.88. The van der Waals surface area contributed by atoms with E-state index in [1.54, 1.807) is 0 Å². The van der Waals surface area contributed by atoms with Crippen LogP contribution in [-0.2, 0) is 4.74 Å². The van der Waals surface area contributed by atoms with Crippen molar-refractivity contribution in [3.63, 3.8) is 0 Å². The maximum atomic E-state index is 5.70. The summed E-state index contributed by atoms with van der Waals surface area (Å²) in [5, 5.41) is 0. The first-order chi connectivity index (χ1) is 6.34. The summed E-state index contributed by atoms with van der Waals surface area (Å²) in [4.78, 5) is 0. The molecule has 0 N–H and O–H groups in total. The molecular weight excluding hydrogens is 160 g/mol. The summed E-state index contributed by atoms with van der Waals surface area (Å²) in [5.74, 6) is 0. The number of hydrogen-bond donors (Lipinski definition) is 0. The van der Waals surface area contributed by atoms with E-state index < -0.39 is 0 Å². The van der Waals surface area contributed by atoms with E-state index in [0.717, 1.165) is 0 Å². The summed E-state index contributed by atoms with van der Waals surface area (Å²) in [6.45, 7) is 0. The molecule has 1 heteroatoms. The molecule has 4 aliphatic rings. The van der Waals surface area contributed by atoms with Crippen LogP contribution < -0.4 is 0 Å². The van der Waals surface area contributed by atoms with Crippen molar-refractivity contribution in [1.82, 2.24) is 0 Å². The molecule has 0 bridgehead atoms. The summed E-state index contributed by atoms with van der Waals surface area (Å²) in [6.07, 6.45) is 14.8. The Labute approximate surface area is 79.2 Å². The second-order valence-electron chi connectivity index (χ2n) is 5.47. The summed E-state index contributed by atoms with van der Waals surface area (Å²) in [6, 6.07) is 0. The van der Waals surface area contributed by atoms with Gasteiger partial charge in [-0.3, -0.25) is 0 Å². The molecule has 1 saturated heterocycles. The van der Waals surface area contributed by atoms with Crippen LogP contribution in [0.4, 0.5) is 0 Å². The van der Waals surface area contributed by atoms with Gasteiger partial charge in [-0.15, -0.1) is 0 Å². The van der Waals surface area contributed by atoms with Gasteiger partial charge in [0.15, 0.2) is 0 Å². The predicted octanol–water partition coefficient (Wildman–Crippen LogP) is 2.66. The lowest BCUT2D eigenvalue weighted by atomic mass is 9.44. The molecule has 70 valence electrons. The van der Waals surface area contributed by atoms with E-state index in [1.165, 1.54) is 38.5 Å². The van der Waals surface area contributed by atoms with Crippen LogP contribution in [0.1, 0.15) is 38.5 Å². The summed E-state index contributed by atoms with van der Waals surface area (Å²) in [7, 11) is 0. The van der Waals surface area contributed by atoms with Gasteiger partial charge in [0.1, 0.15) is 0 Å². The van der Waals surface area contributed by atoms with Crippen LogP contribution in [0.2, 0.25) is 0 Å². The van der Waals surface area contributed by atoms with Gasteiger partial charge in [-0.05, 0) is 36.5 Å². The molecule has 3 aliphatic carbocycles. The van der Waals surface area contributed by atoms with Gasteiger partial charge in [-0.2, -0.15) is 0 Å². The molecule has 4 atom stereocenters. The van der Waals surface area contributed by atoms with Crippen LogP contribution in [0.3, 0.4) is 0 Å². The van der Waals surface area contributed by atoms with Crippen molar-refractivity contribution >= 4 is 0 Å². The fraction of sp³-hybridized carbons (Fsp3) is 0.833. The van der Waals surface area contributed by atoms with Crippen molar-refractivity contribution < 1.29 is 4.74 Å². The Morgan fingerprint density at radius 3 is 1.92 bits per heavy atom. The molecular formula is C12H16O. The molecule has 0 aromatic heterocycles.